The van der Waals surface area contributed by atoms with Gasteiger partial charge < -0.3 is 5.11 Å². The lowest BCUT2D eigenvalue weighted by atomic mass is 9.91. The zero-order chi connectivity index (χ0) is 14.0. The van der Waals surface area contributed by atoms with Gasteiger partial charge in [0.2, 0.25) is 0 Å². The fourth-order valence-corrected chi connectivity index (χ4v) is 3.06. The Labute approximate surface area is 116 Å². The van der Waals surface area contributed by atoms with Crippen LogP contribution in [0.3, 0.4) is 0 Å². The summed E-state index contributed by atoms with van der Waals surface area (Å²) in [6.07, 6.45) is 3.47. The molecule has 2 aromatic heterocycles. The van der Waals surface area contributed by atoms with Crippen molar-refractivity contribution in [2.45, 2.75) is 32.6 Å². The van der Waals surface area contributed by atoms with Crippen molar-refractivity contribution in [3.8, 4) is 10.6 Å². The molecule has 0 fully saturated rings. The molecule has 0 spiro atoms. The van der Waals surface area contributed by atoms with Gasteiger partial charge in [-0.25, -0.2) is 4.98 Å². The number of carboxylic acid groups (broad SMARTS) is 1. The van der Waals surface area contributed by atoms with E-state index in [2.05, 4.69) is 9.97 Å². The van der Waals surface area contributed by atoms with Crippen LogP contribution >= 0.6 is 11.3 Å². The first-order valence-electron chi connectivity index (χ1n) is 6.00. The molecule has 0 atom stereocenters. The smallest absolute Gasteiger partial charge is 0.308 e. The number of carbonyl (C=O) groups is 1. The van der Waals surface area contributed by atoms with E-state index in [0.29, 0.717) is 0 Å². The molecular weight excluding hydrogens is 260 g/mol. The summed E-state index contributed by atoms with van der Waals surface area (Å²) in [5.74, 6) is -0.827. The van der Waals surface area contributed by atoms with Gasteiger partial charge in [0.1, 0.15) is 5.01 Å². The molecule has 4 nitrogen and oxygen atoms in total. The van der Waals surface area contributed by atoms with Crippen molar-refractivity contribution in [2.24, 2.45) is 0 Å². The first kappa shape index (κ1) is 13.7. The second-order valence-electron chi connectivity index (χ2n) is 5.35. The van der Waals surface area contributed by atoms with Gasteiger partial charge in [0.25, 0.3) is 0 Å². The third-order valence-electron chi connectivity index (χ3n) is 2.63. The summed E-state index contributed by atoms with van der Waals surface area (Å²) in [6.45, 7) is 6.13. The minimum Gasteiger partial charge on any atom is -0.481 e. The van der Waals surface area contributed by atoms with Crippen molar-refractivity contribution in [1.29, 1.82) is 0 Å². The minimum atomic E-state index is -0.827. The summed E-state index contributed by atoms with van der Waals surface area (Å²) >= 11 is 1.44. The van der Waals surface area contributed by atoms with Gasteiger partial charge in [0, 0.05) is 28.2 Å². The van der Waals surface area contributed by atoms with Crippen LogP contribution in [-0.2, 0) is 16.6 Å². The Morgan fingerprint density at radius 3 is 2.68 bits per heavy atom. The second kappa shape index (κ2) is 5.09. The minimum absolute atomic E-state index is 0.0184. The van der Waals surface area contributed by atoms with Crippen molar-refractivity contribution < 1.29 is 9.90 Å². The van der Waals surface area contributed by atoms with E-state index in [9.17, 15) is 4.79 Å². The highest BCUT2D eigenvalue weighted by Gasteiger charge is 2.24. The molecule has 0 radical (unpaired) electrons. The van der Waals surface area contributed by atoms with Gasteiger partial charge in [0.15, 0.2) is 0 Å². The van der Waals surface area contributed by atoms with E-state index in [4.69, 9.17) is 5.11 Å². The molecule has 1 N–H and O–H groups in total. The molecule has 2 heterocycles. The van der Waals surface area contributed by atoms with Crippen molar-refractivity contribution in [1.82, 2.24) is 9.97 Å². The molecule has 100 valence electrons. The van der Waals surface area contributed by atoms with Crippen LogP contribution < -0.4 is 0 Å². The number of aliphatic carboxylic acids is 1. The first-order valence-corrected chi connectivity index (χ1v) is 6.82. The van der Waals surface area contributed by atoms with Gasteiger partial charge in [0.05, 0.1) is 12.1 Å². The molecule has 2 rings (SSSR count). The highest BCUT2D eigenvalue weighted by atomic mass is 32.1. The lowest BCUT2D eigenvalue weighted by molar-refractivity contribution is -0.136. The third kappa shape index (κ3) is 3.17. The molecule has 0 aliphatic heterocycles. The van der Waals surface area contributed by atoms with E-state index in [1.165, 1.54) is 11.3 Å². The number of carboxylic acids is 1. The lowest BCUT2D eigenvalue weighted by Gasteiger charge is -2.16. The van der Waals surface area contributed by atoms with E-state index in [0.717, 1.165) is 21.1 Å². The largest absolute Gasteiger partial charge is 0.481 e. The summed E-state index contributed by atoms with van der Waals surface area (Å²) in [6, 6.07) is 3.78. The van der Waals surface area contributed by atoms with Crippen molar-refractivity contribution in [3.05, 3.63) is 35.1 Å². The lowest BCUT2D eigenvalue weighted by Crippen LogP contribution is -2.15. The van der Waals surface area contributed by atoms with Crippen molar-refractivity contribution in [3.63, 3.8) is 0 Å². The topological polar surface area (TPSA) is 63.1 Å². The van der Waals surface area contributed by atoms with Gasteiger partial charge in [-0.15, -0.1) is 11.3 Å². The number of rotatable bonds is 3. The molecule has 0 aliphatic carbocycles. The summed E-state index contributed by atoms with van der Waals surface area (Å²) < 4.78 is 0. The Morgan fingerprint density at radius 1 is 1.42 bits per heavy atom. The molecule has 2 aromatic rings. The number of pyridine rings is 1. The molecule has 0 aliphatic rings. The number of aromatic nitrogens is 2. The summed E-state index contributed by atoms with van der Waals surface area (Å²) in [5.41, 5.74) is 1.62. The third-order valence-corrected chi connectivity index (χ3v) is 3.73. The standard InChI is InChI=1S/C14H16N2O2S/c1-14(2,3)12-10(7-11(17)18)19-13(16-12)9-5-4-6-15-8-9/h4-6,8H,7H2,1-3H3,(H,17,18). The highest BCUT2D eigenvalue weighted by molar-refractivity contribution is 7.15. The number of hydrogen-bond acceptors (Lipinski definition) is 4. The van der Waals surface area contributed by atoms with Gasteiger partial charge in [-0.05, 0) is 12.1 Å². The van der Waals surface area contributed by atoms with Crippen molar-refractivity contribution >= 4 is 17.3 Å². The molecule has 0 aromatic carbocycles. The molecule has 0 saturated heterocycles. The monoisotopic (exact) mass is 276 g/mol. The number of nitrogens with zero attached hydrogens (tertiary/aromatic N) is 2. The van der Waals surface area contributed by atoms with Gasteiger partial charge in [-0.2, -0.15) is 0 Å². The molecule has 19 heavy (non-hydrogen) atoms. The van der Waals surface area contributed by atoms with E-state index in [1.54, 1.807) is 12.4 Å². The van der Waals surface area contributed by atoms with Crippen LogP contribution in [0.5, 0.6) is 0 Å². The first-order chi connectivity index (χ1) is 8.88. The molecule has 0 saturated carbocycles. The SMILES string of the molecule is CC(C)(C)c1nc(-c2cccnc2)sc1CC(=O)O. The van der Waals surface area contributed by atoms with Crippen LogP contribution in [0.2, 0.25) is 0 Å². The van der Waals surface area contributed by atoms with Gasteiger partial charge in [-0.3, -0.25) is 9.78 Å². The van der Waals surface area contributed by atoms with E-state index in [1.807, 2.05) is 32.9 Å². The van der Waals surface area contributed by atoms with E-state index >= 15 is 0 Å². The Bertz CT molecular complexity index is 585. The quantitative estimate of drug-likeness (QED) is 0.935. The fourth-order valence-electron chi connectivity index (χ4n) is 1.81. The molecule has 0 bridgehead atoms. The maximum absolute atomic E-state index is 11.0. The Morgan fingerprint density at radius 2 is 2.16 bits per heavy atom. The van der Waals surface area contributed by atoms with Crippen LogP contribution in [0.4, 0.5) is 0 Å². The van der Waals surface area contributed by atoms with Crippen LogP contribution in [-0.4, -0.2) is 21.0 Å². The normalized spacial score (nSPS) is 11.5. The zero-order valence-corrected chi connectivity index (χ0v) is 12.0. The van der Waals surface area contributed by atoms with Crippen LogP contribution in [0, 0.1) is 0 Å². The van der Waals surface area contributed by atoms with Crippen molar-refractivity contribution in [2.75, 3.05) is 0 Å². The Kier molecular flexibility index (Phi) is 3.66. The van der Waals surface area contributed by atoms with Crippen LogP contribution in [0.15, 0.2) is 24.5 Å². The molecule has 5 heteroatoms. The number of hydrogen-bond donors (Lipinski definition) is 1. The fraction of sp³-hybridized carbons (Fsp3) is 0.357. The van der Waals surface area contributed by atoms with E-state index in [-0.39, 0.29) is 11.8 Å². The van der Waals surface area contributed by atoms with Gasteiger partial charge in [-0.1, -0.05) is 20.8 Å². The molecule has 0 unspecified atom stereocenters. The maximum Gasteiger partial charge on any atom is 0.308 e. The van der Waals surface area contributed by atoms with Crippen LogP contribution in [0.25, 0.3) is 10.6 Å². The Balaban J connectivity index is 2.49. The predicted octanol–water partition coefficient (Wildman–Crippen LogP) is 3.13. The maximum atomic E-state index is 11.0. The molecule has 0 amide bonds. The van der Waals surface area contributed by atoms with Crippen LogP contribution in [0.1, 0.15) is 31.3 Å². The highest BCUT2D eigenvalue weighted by Crippen LogP contribution is 2.34. The summed E-state index contributed by atoms with van der Waals surface area (Å²) in [4.78, 5) is 20.5. The second-order valence-corrected chi connectivity index (χ2v) is 6.44. The molecular formula is C14H16N2O2S. The average Bonchev–Trinajstić information content (AvgIpc) is 2.73. The Hall–Kier alpha value is -1.75. The average molecular weight is 276 g/mol. The number of thiazole rings is 1. The van der Waals surface area contributed by atoms with Gasteiger partial charge >= 0.3 is 5.97 Å². The van der Waals surface area contributed by atoms with E-state index < -0.39 is 5.97 Å². The summed E-state index contributed by atoms with van der Waals surface area (Å²) in [5, 5.41) is 9.83. The summed E-state index contributed by atoms with van der Waals surface area (Å²) in [7, 11) is 0. The zero-order valence-electron chi connectivity index (χ0n) is 11.2. The predicted molar refractivity (Wildman–Crippen MR) is 75.4 cm³/mol.